The Bertz CT molecular complexity index is 516. The molecule has 0 radical (unpaired) electrons. The average molecular weight is 275 g/mol. The van der Waals surface area contributed by atoms with Crippen LogP contribution in [0.2, 0.25) is 0 Å². The highest BCUT2D eigenvalue weighted by Crippen LogP contribution is 2.46. The van der Waals surface area contributed by atoms with E-state index < -0.39 is 5.60 Å². The van der Waals surface area contributed by atoms with E-state index >= 15 is 0 Å². The molecule has 2 fully saturated rings. The quantitative estimate of drug-likeness (QED) is 0.850. The maximum absolute atomic E-state index is 11.1. The van der Waals surface area contributed by atoms with Crippen molar-refractivity contribution in [2.24, 2.45) is 0 Å². The van der Waals surface area contributed by atoms with Gasteiger partial charge in [-0.2, -0.15) is 0 Å². The SMILES string of the molecule is CN1C2CCC1CC(O)(c1ccc3c(c1)OCCO3)C2. The van der Waals surface area contributed by atoms with Gasteiger partial charge in [0, 0.05) is 12.1 Å². The summed E-state index contributed by atoms with van der Waals surface area (Å²) >= 11 is 0. The average Bonchev–Trinajstić information content (AvgIpc) is 2.70. The standard InChI is InChI=1S/C16H21NO3/c1-17-12-3-4-13(17)10-16(18,9-12)11-2-5-14-15(8-11)20-7-6-19-14/h2,5,8,12-13,18H,3-4,6-7,9-10H2,1H3. The summed E-state index contributed by atoms with van der Waals surface area (Å²) < 4.78 is 11.2. The normalized spacial score (nSPS) is 36.1. The molecule has 3 aliphatic heterocycles. The maximum Gasteiger partial charge on any atom is 0.161 e. The predicted octanol–water partition coefficient (Wildman–Crippen LogP) is 1.90. The van der Waals surface area contributed by atoms with Gasteiger partial charge in [0.05, 0.1) is 5.60 Å². The van der Waals surface area contributed by atoms with Gasteiger partial charge in [0.2, 0.25) is 0 Å². The molecule has 4 rings (SSSR count). The minimum Gasteiger partial charge on any atom is -0.486 e. The number of hydrogen-bond donors (Lipinski definition) is 1. The minimum atomic E-state index is -0.714. The molecule has 2 saturated heterocycles. The largest absolute Gasteiger partial charge is 0.486 e. The minimum absolute atomic E-state index is 0.506. The smallest absolute Gasteiger partial charge is 0.161 e. The van der Waals surface area contributed by atoms with Crippen LogP contribution in [-0.2, 0) is 5.60 Å². The number of ether oxygens (including phenoxy) is 2. The summed E-state index contributed by atoms with van der Waals surface area (Å²) in [6, 6.07) is 6.92. The van der Waals surface area contributed by atoms with Gasteiger partial charge in [-0.1, -0.05) is 6.07 Å². The summed E-state index contributed by atoms with van der Waals surface area (Å²) in [6.45, 7) is 1.19. The van der Waals surface area contributed by atoms with Gasteiger partial charge in [0.1, 0.15) is 13.2 Å². The molecule has 1 aromatic rings. The zero-order valence-electron chi connectivity index (χ0n) is 11.8. The van der Waals surface area contributed by atoms with E-state index in [4.69, 9.17) is 9.47 Å². The van der Waals surface area contributed by atoms with Crippen molar-refractivity contribution in [2.75, 3.05) is 20.3 Å². The van der Waals surface area contributed by atoms with Crippen molar-refractivity contribution in [1.82, 2.24) is 4.90 Å². The molecule has 3 aliphatic rings. The second-order valence-electron chi connectivity index (χ2n) is 6.35. The Morgan fingerprint density at radius 3 is 2.45 bits per heavy atom. The lowest BCUT2D eigenvalue weighted by atomic mass is 9.80. The molecular formula is C16H21NO3. The molecule has 0 spiro atoms. The molecule has 2 atom stereocenters. The van der Waals surface area contributed by atoms with Crippen LogP contribution in [0.1, 0.15) is 31.2 Å². The second-order valence-corrected chi connectivity index (χ2v) is 6.35. The fourth-order valence-corrected chi connectivity index (χ4v) is 4.01. The monoisotopic (exact) mass is 275 g/mol. The van der Waals surface area contributed by atoms with Crippen LogP contribution in [0.15, 0.2) is 18.2 Å². The van der Waals surface area contributed by atoms with Crippen molar-refractivity contribution in [2.45, 2.75) is 43.4 Å². The summed E-state index contributed by atoms with van der Waals surface area (Å²) in [6.07, 6.45) is 4.04. The van der Waals surface area contributed by atoms with Gasteiger partial charge in [-0.25, -0.2) is 0 Å². The second kappa shape index (κ2) is 4.37. The molecule has 0 saturated carbocycles. The fraction of sp³-hybridized carbons (Fsp3) is 0.625. The number of hydrogen-bond acceptors (Lipinski definition) is 4. The molecule has 20 heavy (non-hydrogen) atoms. The lowest BCUT2D eigenvalue weighted by molar-refractivity contribution is -0.0495. The van der Waals surface area contributed by atoms with E-state index in [0.29, 0.717) is 25.3 Å². The van der Waals surface area contributed by atoms with Crippen molar-refractivity contribution >= 4 is 0 Å². The number of fused-ring (bicyclic) bond motifs is 3. The number of nitrogens with zero attached hydrogens (tertiary/aromatic N) is 1. The van der Waals surface area contributed by atoms with Crippen LogP contribution in [-0.4, -0.2) is 42.4 Å². The molecule has 2 bridgehead atoms. The summed E-state index contributed by atoms with van der Waals surface area (Å²) in [5, 5.41) is 11.1. The summed E-state index contributed by atoms with van der Waals surface area (Å²) in [5.74, 6) is 1.56. The van der Waals surface area contributed by atoms with Gasteiger partial charge in [-0.15, -0.1) is 0 Å². The summed E-state index contributed by atoms with van der Waals surface area (Å²) in [7, 11) is 2.19. The lowest BCUT2D eigenvalue weighted by Crippen LogP contribution is -2.47. The maximum atomic E-state index is 11.1. The van der Waals surface area contributed by atoms with E-state index in [1.54, 1.807) is 0 Å². The Kier molecular flexibility index (Phi) is 2.72. The first-order chi connectivity index (χ1) is 9.66. The number of aliphatic hydroxyl groups is 1. The van der Waals surface area contributed by atoms with Crippen LogP contribution in [0.4, 0.5) is 0 Å². The van der Waals surface area contributed by atoms with Crippen molar-refractivity contribution in [3.8, 4) is 11.5 Å². The summed E-state index contributed by atoms with van der Waals surface area (Å²) in [5.41, 5.74) is 0.264. The van der Waals surface area contributed by atoms with Gasteiger partial charge in [0.15, 0.2) is 11.5 Å². The molecule has 4 nitrogen and oxygen atoms in total. The molecule has 4 heteroatoms. The molecule has 1 N–H and O–H groups in total. The first-order valence-electron chi connectivity index (χ1n) is 7.50. The van der Waals surface area contributed by atoms with Crippen LogP contribution >= 0.6 is 0 Å². The van der Waals surface area contributed by atoms with E-state index in [9.17, 15) is 5.11 Å². The topological polar surface area (TPSA) is 41.9 Å². The highest BCUT2D eigenvalue weighted by Gasteiger charge is 2.46. The molecule has 0 aliphatic carbocycles. The Labute approximate surface area is 119 Å². The fourth-order valence-electron chi connectivity index (χ4n) is 4.01. The van der Waals surface area contributed by atoms with E-state index in [-0.39, 0.29) is 0 Å². The van der Waals surface area contributed by atoms with Crippen LogP contribution in [0, 0.1) is 0 Å². The van der Waals surface area contributed by atoms with E-state index in [0.717, 1.165) is 29.9 Å². The third kappa shape index (κ3) is 1.82. The third-order valence-corrected chi connectivity index (χ3v) is 5.21. The van der Waals surface area contributed by atoms with Gasteiger partial charge in [-0.3, -0.25) is 0 Å². The Hall–Kier alpha value is -1.26. The number of piperidine rings is 1. The third-order valence-electron chi connectivity index (χ3n) is 5.21. The zero-order valence-corrected chi connectivity index (χ0v) is 11.8. The number of benzene rings is 1. The van der Waals surface area contributed by atoms with Gasteiger partial charge in [-0.05, 0) is 50.4 Å². The highest BCUT2D eigenvalue weighted by molar-refractivity contribution is 5.45. The molecule has 2 unspecified atom stereocenters. The highest BCUT2D eigenvalue weighted by atomic mass is 16.6. The van der Waals surface area contributed by atoms with Crippen molar-refractivity contribution in [3.05, 3.63) is 23.8 Å². The van der Waals surface area contributed by atoms with Crippen molar-refractivity contribution < 1.29 is 14.6 Å². The van der Waals surface area contributed by atoms with Crippen LogP contribution in [0.25, 0.3) is 0 Å². The molecule has 0 aromatic heterocycles. The Morgan fingerprint density at radius 1 is 1.10 bits per heavy atom. The predicted molar refractivity (Wildman–Crippen MR) is 75.1 cm³/mol. The Morgan fingerprint density at radius 2 is 1.75 bits per heavy atom. The van der Waals surface area contributed by atoms with Gasteiger partial charge < -0.3 is 19.5 Å². The first-order valence-corrected chi connectivity index (χ1v) is 7.50. The van der Waals surface area contributed by atoms with E-state index in [1.807, 2.05) is 18.2 Å². The van der Waals surface area contributed by atoms with Crippen LogP contribution in [0.3, 0.4) is 0 Å². The lowest BCUT2D eigenvalue weighted by Gasteiger charge is -2.42. The summed E-state index contributed by atoms with van der Waals surface area (Å²) in [4.78, 5) is 2.44. The van der Waals surface area contributed by atoms with Crippen LogP contribution in [0.5, 0.6) is 11.5 Å². The van der Waals surface area contributed by atoms with Gasteiger partial charge in [0.25, 0.3) is 0 Å². The molecule has 3 heterocycles. The molecule has 1 aromatic carbocycles. The van der Waals surface area contributed by atoms with Gasteiger partial charge >= 0.3 is 0 Å². The van der Waals surface area contributed by atoms with E-state index in [1.165, 1.54) is 12.8 Å². The number of rotatable bonds is 1. The molecule has 108 valence electrons. The van der Waals surface area contributed by atoms with Crippen molar-refractivity contribution in [1.29, 1.82) is 0 Å². The molecule has 0 amide bonds. The zero-order chi connectivity index (χ0) is 13.7. The van der Waals surface area contributed by atoms with Crippen LogP contribution < -0.4 is 9.47 Å². The molecular weight excluding hydrogens is 254 g/mol. The Balaban J connectivity index is 1.67. The van der Waals surface area contributed by atoms with E-state index in [2.05, 4.69) is 11.9 Å². The van der Waals surface area contributed by atoms with Crippen molar-refractivity contribution in [3.63, 3.8) is 0 Å². The first kappa shape index (κ1) is 12.5.